The Balaban J connectivity index is 2.05. The molecule has 0 amide bonds. The first-order valence-electron chi connectivity index (χ1n) is 5.94. The molecule has 0 aliphatic carbocycles. The number of alkyl halides is 2. The van der Waals surface area contributed by atoms with Gasteiger partial charge < -0.3 is 4.74 Å². The summed E-state index contributed by atoms with van der Waals surface area (Å²) in [4.78, 5) is 3.16. The number of rotatable bonds is 2. The third-order valence-corrected chi connectivity index (χ3v) is 5.90. The van der Waals surface area contributed by atoms with Gasteiger partial charge in [-0.1, -0.05) is 0 Å². The van der Waals surface area contributed by atoms with E-state index in [-0.39, 0.29) is 21.5 Å². The number of hydrogen-bond acceptors (Lipinski definition) is 4. The van der Waals surface area contributed by atoms with E-state index in [2.05, 4.69) is 20.9 Å². The van der Waals surface area contributed by atoms with Gasteiger partial charge in [-0.3, -0.25) is 4.98 Å². The number of hydrogen-bond donors (Lipinski definition) is 0. The lowest BCUT2D eigenvalue weighted by Crippen LogP contribution is -2.24. The Morgan fingerprint density at radius 2 is 2.00 bits per heavy atom. The van der Waals surface area contributed by atoms with Crippen LogP contribution in [0.1, 0.15) is 5.56 Å². The first-order valence-corrected chi connectivity index (χ1v) is 8.22. The normalized spacial score (nSPS) is 18.0. The van der Waals surface area contributed by atoms with Crippen molar-refractivity contribution in [2.75, 3.05) is 0 Å². The number of benzene rings is 1. The quantitative estimate of drug-likeness (QED) is 0.780. The van der Waals surface area contributed by atoms with E-state index in [1.165, 1.54) is 12.3 Å². The molecule has 1 aromatic carbocycles. The summed E-state index contributed by atoms with van der Waals surface area (Å²) in [5.41, 5.74) is -0.0631. The van der Waals surface area contributed by atoms with Crippen LogP contribution < -0.4 is 4.74 Å². The Morgan fingerprint density at radius 3 is 2.68 bits per heavy atom. The maximum atomic E-state index is 13.6. The minimum absolute atomic E-state index is 0.0631. The summed E-state index contributed by atoms with van der Waals surface area (Å²) in [6.45, 7) is 0. The largest absolute Gasteiger partial charge is 0.454 e. The Bertz CT molecular complexity index is 871. The molecule has 0 spiro atoms. The van der Waals surface area contributed by atoms with E-state index >= 15 is 0 Å². The van der Waals surface area contributed by atoms with E-state index in [1.807, 2.05) is 0 Å². The maximum absolute atomic E-state index is 13.6. The fourth-order valence-corrected chi connectivity index (χ4v) is 4.21. The molecule has 0 fully saturated rings. The van der Waals surface area contributed by atoms with Gasteiger partial charge in [0.15, 0.2) is 0 Å². The van der Waals surface area contributed by atoms with Gasteiger partial charge in [-0.15, -0.1) is 0 Å². The zero-order chi connectivity index (χ0) is 16.1. The zero-order valence-electron chi connectivity index (χ0n) is 10.7. The molecule has 9 heteroatoms. The average molecular weight is 394 g/mol. The molecule has 0 N–H and O–H groups in total. The van der Waals surface area contributed by atoms with E-state index in [9.17, 15) is 21.6 Å². The van der Waals surface area contributed by atoms with Crippen LogP contribution in [0.2, 0.25) is 0 Å². The van der Waals surface area contributed by atoms with Gasteiger partial charge in [0, 0.05) is 6.07 Å². The first-order chi connectivity index (χ1) is 10.2. The van der Waals surface area contributed by atoms with Crippen LogP contribution >= 0.6 is 15.9 Å². The fourth-order valence-electron chi connectivity index (χ4n) is 2.11. The van der Waals surface area contributed by atoms with Crippen LogP contribution in [-0.2, 0) is 16.3 Å². The second-order valence-electron chi connectivity index (χ2n) is 4.61. The predicted octanol–water partition coefficient (Wildman–Crippen LogP) is 3.70. The lowest BCUT2D eigenvalue weighted by molar-refractivity contribution is 0.0981. The van der Waals surface area contributed by atoms with Crippen LogP contribution in [0.25, 0.3) is 0 Å². The molecule has 0 saturated carbocycles. The van der Waals surface area contributed by atoms with E-state index < -0.39 is 32.2 Å². The Kier molecular flexibility index (Phi) is 3.44. The van der Waals surface area contributed by atoms with Crippen molar-refractivity contribution in [2.45, 2.75) is 16.6 Å². The van der Waals surface area contributed by atoms with Gasteiger partial charge >= 0.3 is 5.25 Å². The number of pyridine rings is 1. The van der Waals surface area contributed by atoms with E-state index in [0.29, 0.717) is 0 Å². The van der Waals surface area contributed by atoms with Gasteiger partial charge in [0.05, 0.1) is 28.2 Å². The summed E-state index contributed by atoms with van der Waals surface area (Å²) >= 11 is 3.07. The van der Waals surface area contributed by atoms with Crippen molar-refractivity contribution in [3.63, 3.8) is 0 Å². The molecule has 1 aliphatic rings. The molecular weight excluding hydrogens is 387 g/mol. The Labute approximate surface area is 132 Å². The van der Waals surface area contributed by atoms with Gasteiger partial charge in [-0.25, -0.2) is 12.8 Å². The van der Waals surface area contributed by atoms with Crippen molar-refractivity contribution in [2.24, 2.45) is 0 Å². The lowest BCUT2D eigenvalue weighted by atomic mass is 10.1. The molecule has 3 rings (SSSR count). The fraction of sp³-hybridized carbons (Fsp3) is 0.154. The number of ether oxygens (including phenoxy) is 1. The standard InChI is InChI=1S/C13H7BrF3NO3S/c14-12-9-4-13(16,17)22(19,20)11(9)2-1-10(12)21-8-3-7(15)5-18-6-8/h1-3,5-6H,4H2. The van der Waals surface area contributed by atoms with Gasteiger partial charge in [0.2, 0.25) is 9.84 Å². The van der Waals surface area contributed by atoms with Crippen LogP contribution in [0.5, 0.6) is 11.5 Å². The predicted molar refractivity (Wildman–Crippen MR) is 74.2 cm³/mol. The topological polar surface area (TPSA) is 56.3 Å². The van der Waals surface area contributed by atoms with E-state index in [4.69, 9.17) is 4.74 Å². The Morgan fingerprint density at radius 1 is 1.27 bits per heavy atom. The molecule has 0 radical (unpaired) electrons. The number of fused-ring (bicyclic) bond motifs is 1. The van der Waals surface area contributed by atoms with Gasteiger partial charge in [0.25, 0.3) is 0 Å². The number of nitrogens with zero attached hydrogens (tertiary/aromatic N) is 1. The molecule has 0 saturated heterocycles. The highest BCUT2D eigenvalue weighted by Crippen LogP contribution is 2.47. The number of halogens is 4. The van der Waals surface area contributed by atoms with Gasteiger partial charge in [-0.2, -0.15) is 8.78 Å². The monoisotopic (exact) mass is 393 g/mol. The number of aromatic nitrogens is 1. The Hall–Kier alpha value is -1.61. The molecule has 22 heavy (non-hydrogen) atoms. The highest BCUT2D eigenvalue weighted by Gasteiger charge is 2.53. The van der Waals surface area contributed by atoms with Crippen LogP contribution in [0.4, 0.5) is 13.2 Å². The molecule has 1 aliphatic heterocycles. The molecule has 0 unspecified atom stereocenters. The summed E-state index contributed by atoms with van der Waals surface area (Å²) in [5.74, 6) is -0.462. The zero-order valence-corrected chi connectivity index (χ0v) is 13.1. The SMILES string of the molecule is O=S1(=O)c2ccc(Oc3cncc(F)c3)c(Br)c2CC1(F)F. The molecule has 0 bridgehead atoms. The molecule has 1 aromatic heterocycles. The summed E-state index contributed by atoms with van der Waals surface area (Å²) in [5, 5.41) is -3.85. The molecule has 2 heterocycles. The highest BCUT2D eigenvalue weighted by molar-refractivity contribution is 9.10. The van der Waals surface area contributed by atoms with Crippen molar-refractivity contribution < 1.29 is 26.3 Å². The second kappa shape index (κ2) is 4.95. The molecule has 2 aromatic rings. The third-order valence-electron chi connectivity index (χ3n) is 3.14. The van der Waals surface area contributed by atoms with Crippen LogP contribution in [0, 0.1) is 5.82 Å². The van der Waals surface area contributed by atoms with Crippen molar-refractivity contribution in [1.82, 2.24) is 4.98 Å². The minimum atomic E-state index is -4.69. The van der Waals surface area contributed by atoms with Crippen LogP contribution in [0.3, 0.4) is 0 Å². The molecule has 4 nitrogen and oxygen atoms in total. The van der Waals surface area contributed by atoms with Gasteiger partial charge in [0.1, 0.15) is 17.3 Å². The lowest BCUT2D eigenvalue weighted by Gasteiger charge is -2.10. The average Bonchev–Trinajstić information content (AvgIpc) is 2.60. The van der Waals surface area contributed by atoms with Crippen molar-refractivity contribution in [3.05, 3.63) is 46.4 Å². The van der Waals surface area contributed by atoms with Crippen LogP contribution in [0.15, 0.2) is 40.0 Å². The van der Waals surface area contributed by atoms with E-state index in [0.717, 1.165) is 18.3 Å². The van der Waals surface area contributed by atoms with E-state index in [1.54, 1.807) is 0 Å². The van der Waals surface area contributed by atoms with Crippen molar-refractivity contribution >= 4 is 25.8 Å². The molecule has 0 atom stereocenters. The van der Waals surface area contributed by atoms with Gasteiger partial charge in [-0.05, 0) is 33.6 Å². The highest BCUT2D eigenvalue weighted by atomic mass is 79.9. The maximum Gasteiger partial charge on any atom is 0.354 e. The van der Waals surface area contributed by atoms with Crippen molar-refractivity contribution in [3.8, 4) is 11.5 Å². The summed E-state index contributed by atoms with van der Waals surface area (Å²) in [6.07, 6.45) is 1.29. The second-order valence-corrected chi connectivity index (χ2v) is 7.45. The number of sulfone groups is 1. The minimum Gasteiger partial charge on any atom is -0.454 e. The summed E-state index contributed by atoms with van der Waals surface area (Å²) in [6, 6.07) is 3.35. The smallest absolute Gasteiger partial charge is 0.354 e. The molecular formula is C13H7BrF3NO3S. The van der Waals surface area contributed by atoms with Crippen LogP contribution in [-0.4, -0.2) is 18.7 Å². The summed E-state index contributed by atoms with van der Waals surface area (Å²) < 4.78 is 69.1. The molecule has 116 valence electrons. The first kappa shape index (κ1) is 15.3. The third kappa shape index (κ3) is 2.28. The van der Waals surface area contributed by atoms with Crippen molar-refractivity contribution in [1.29, 1.82) is 0 Å². The summed E-state index contributed by atoms with van der Waals surface area (Å²) in [7, 11) is -4.69.